The van der Waals surface area contributed by atoms with Crippen LogP contribution in [0.4, 0.5) is 0 Å². The van der Waals surface area contributed by atoms with E-state index in [1.54, 1.807) is 6.20 Å². The van der Waals surface area contributed by atoms with Gasteiger partial charge in [-0.05, 0) is 67.9 Å². The van der Waals surface area contributed by atoms with Gasteiger partial charge in [-0.25, -0.2) is 9.97 Å². The van der Waals surface area contributed by atoms with Crippen molar-refractivity contribution in [3.8, 4) is 34.0 Å². The average Bonchev–Trinajstić information content (AvgIpc) is 3.58. The second kappa shape index (κ2) is 9.22. The van der Waals surface area contributed by atoms with Gasteiger partial charge >= 0.3 is 0 Å². The summed E-state index contributed by atoms with van der Waals surface area (Å²) in [6.45, 7) is 3.25. The van der Waals surface area contributed by atoms with Crippen LogP contribution in [0.25, 0.3) is 56.1 Å². The Morgan fingerprint density at radius 3 is 2.65 bits per heavy atom. The number of pyridine rings is 3. The van der Waals surface area contributed by atoms with E-state index in [-0.39, 0.29) is 0 Å². The zero-order chi connectivity index (χ0) is 24.6. The van der Waals surface area contributed by atoms with Crippen LogP contribution in [0.1, 0.15) is 24.8 Å². The molecular formula is C29H26N8. The molecule has 2 N–H and O–H groups in total. The minimum Gasteiger partial charge on any atom is -0.336 e. The molecule has 1 fully saturated rings. The Morgan fingerprint density at radius 1 is 0.811 bits per heavy atom. The van der Waals surface area contributed by atoms with E-state index in [1.807, 2.05) is 60.9 Å². The molecule has 0 atom stereocenters. The second-order valence-corrected chi connectivity index (χ2v) is 9.59. The molecule has 1 aliphatic heterocycles. The van der Waals surface area contributed by atoms with Crippen LogP contribution in [-0.2, 0) is 6.54 Å². The molecule has 5 aromatic heterocycles. The van der Waals surface area contributed by atoms with E-state index >= 15 is 0 Å². The number of rotatable bonds is 5. The average molecular weight is 487 g/mol. The molecule has 1 aliphatic rings. The Kier molecular flexibility index (Phi) is 5.44. The largest absolute Gasteiger partial charge is 0.336 e. The van der Waals surface area contributed by atoms with Gasteiger partial charge in [0, 0.05) is 36.3 Å². The van der Waals surface area contributed by atoms with Gasteiger partial charge in [-0.3, -0.25) is 20.0 Å². The molecule has 182 valence electrons. The molecule has 0 unspecified atom stereocenters. The molecule has 1 aromatic carbocycles. The summed E-state index contributed by atoms with van der Waals surface area (Å²) in [5.74, 6) is 0.672. The first kappa shape index (κ1) is 21.8. The number of para-hydroxylation sites is 1. The SMILES string of the molecule is c1ccc(-c2cccc3[nH]c(-c4n[nH]c5ccc(-c6cncc(CN7CCCCC7)c6)nc45)nc23)nc1. The summed E-state index contributed by atoms with van der Waals surface area (Å²) in [7, 11) is 0. The van der Waals surface area contributed by atoms with E-state index in [4.69, 9.17) is 9.97 Å². The standard InChI is InChI=1S/C29H26N8/c1-4-13-37(14-5-1)18-19-15-20(17-30-16-19)22-10-11-25-27(32-22)28(36-35-25)29-33-24-9-6-7-21(26(24)34-29)23-8-2-3-12-31-23/h2-3,6-12,15-17H,1,4-5,13-14,18H2,(H,33,34)(H,35,36). The smallest absolute Gasteiger partial charge is 0.161 e. The number of aromatic nitrogens is 7. The van der Waals surface area contributed by atoms with Gasteiger partial charge in [-0.2, -0.15) is 5.10 Å². The van der Waals surface area contributed by atoms with E-state index in [1.165, 1.54) is 24.8 Å². The van der Waals surface area contributed by atoms with Crippen LogP contribution in [0.3, 0.4) is 0 Å². The van der Waals surface area contributed by atoms with Crippen molar-refractivity contribution >= 4 is 22.1 Å². The number of aromatic amines is 2. The number of fused-ring (bicyclic) bond motifs is 2. The molecule has 0 saturated carbocycles. The van der Waals surface area contributed by atoms with Crippen molar-refractivity contribution in [2.24, 2.45) is 0 Å². The number of nitrogens with zero attached hydrogens (tertiary/aromatic N) is 6. The summed E-state index contributed by atoms with van der Waals surface area (Å²) in [5, 5.41) is 7.69. The van der Waals surface area contributed by atoms with Crippen LogP contribution in [-0.4, -0.2) is 53.1 Å². The summed E-state index contributed by atoms with van der Waals surface area (Å²) in [4.78, 5) is 24.9. The van der Waals surface area contributed by atoms with Gasteiger partial charge in [-0.15, -0.1) is 0 Å². The molecule has 6 aromatic rings. The number of hydrogen-bond acceptors (Lipinski definition) is 6. The van der Waals surface area contributed by atoms with Crippen molar-refractivity contribution in [2.75, 3.05) is 13.1 Å². The molecule has 0 aliphatic carbocycles. The minimum absolute atomic E-state index is 0.672. The molecule has 0 spiro atoms. The maximum atomic E-state index is 5.00. The van der Waals surface area contributed by atoms with Crippen LogP contribution in [0.15, 0.2) is 73.2 Å². The monoisotopic (exact) mass is 486 g/mol. The quantitative estimate of drug-likeness (QED) is 0.329. The fourth-order valence-corrected chi connectivity index (χ4v) is 5.19. The molecule has 8 heteroatoms. The first-order valence-electron chi connectivity index (χ1n) is 12.7. The highest BCUT2D eigenvalue weighted by atomic mass is 15.2. The van der Waals surface area contributed by atoms with E-state index in [0.29, 0.717) is 11.5 Å². The van der Waals surface area contributed by atoms with E-state index < -0.39 is 0 Å². The number of imidazole rings is 1. The lowest BCUT2D eigenvalue weighted by atomic mass is 10.1. The topological polar surface area (TPSA) is 99.3 Å². The second-order valence-electron chi connectivity index (χ2n) is 9.59. The summed E-state index contributed by atoms with van der Waals surface area (Å²) >= 11 is 0. The predicted octanol–water partition coefficient (Wildman–Crippen LogP) is 5.61. The predicted molar refractivity (Wildman–Crippen MR) is 145 cm³/mol. The van der Waals surface area contributed by atoms with Crippen molar-refractivity contribution in [3.63, 3.8) is 0 Å². The van der Waals surface area contributed by atoms with Crippen molar-refractivity contribution in [3.05, 3.63) is 78.8 Å². The van der Waals surface area contributed by atoms with Gasteiger partial charge in [0.1, 0.15) is 5.52 Å². The third-order valence-electron chi connectivity index (χ3n) is 7.03. The fraction of sp³-hybridized carbons (Fsp3) is 0.207. The van der Waals surface area contributed by atoms with E-state index in [0.717, 1.165) is 64.2 Å². The molecule has 37 heavy (non-hydrogen) atoms. The van der Waals surface area contributed by atoms with Gasteiger partial charge in [0.15, 0.2) is 11.5 Å². The summed E-state index contributed by atoms with van der Waals surface area (Å²) in [6, 6.07) is 18.2. The van der Waals surface area contributed by atoms with Gasteiger partial charge in [0.05, 0.1) is 27.9 Å². The Bertz CT molecular complexity index is 1700. The van der Waals surface area contributed by atoms with Crippen molar-refractivity contribution in [1.82, 2.24) is 40.0 Å². The summed E-state index contributed by atoms with van der Waals surface area (Å²) < 4.78 is 0. The number of piperidine rings is 1. The van der Waals surface area contributed by atoms with Crippen LogP contribution < -0.4 is 0 Å². The lowest BCUT2D eigenvalue weighted by molar-refractivity contribution is 0.220. The van der Waals surface area contributed by atoms with Gasteiger partial charge in [0.25, 0.3) is 0 Å². The van der Waals surface area contributed by atoms with Crippen molar-refractivity contribution < 1.29 is 0 Å². The molecule has 1 saturated heterocycles. The van der Waals surface area contributed by atoms with Gasteiger partial charge in [-0.1, -0.05) is 24.6 Å². The Labute approximate surface area is 213 Å². The third-order valence-corrected chi connectivity index (χ3v) is 7.03. The van der Waals surface area contributed by atoms with Crippen LogP contribution >= 0.6 is 0 Å². The number of hydrogen-bond donors (Lipinski definition) is 2. The number of benzene rings is 1. The van der Waals surface area contributed by atoms with Crippen LogP contribution in [0, 0.1) is 0 Å². The lowest BCUT2D eigenvalue weighted by Gasteiger charge is -2.26. The number of nitrogens with one attached hydrogen (secondary N) is 2. The lowest BCUT2D eigenvalue weighted by Crippen LogP contribution is -2.29. The highest BCUT2D eigenvalue weighted by Crippen LogP contribution is 2.31. The normalized spacial score (nSPS) is 14.5. The first-order chi connectivity index (χ1) is 18.3. The zero-order valence-electron chi connectivity index (χ0n) is 20.4. The zero-order valence-corrected chi connectivity index (χ0v) is 20.4. The maximum absolute atomic E-state index is 5.00. The summed E-state index contributed by atoms with van der Waals surface area (Å²) in [6.07, 6.45) is 9.53. The number of H-pyrrole nitrogens is 2. The fourth-order valence-electron chi connectivity index (χ4n) is 5.19. The Hall–Kier alpha value is -4.43. The third kappa shape index (κ3) is 4.15. The molecule has 7 rings (SSSR count). The highest BCUT2D eigenvalue weighted by Gasteiger charge is 2.17. The molecule has 0 amide bonds. The first-order valence-corrected chi connectivity index (χ1v) is 12.7. The van der Waals surface area contributed by atoms with E-state index in [2.05, 4.69) is 36.1 Å². The summed E-state index contributed by atoms with van der Waals surface area (Å²) in [5.41, 5.74) is 9.07. The van der Waals surface area contributed by atoms with Crippen molar-refractivity contribution in [2.45, 2.75) is 25.8 Å². The molecule has 6 heterocycles. The Morgan fingerprint density at radius 2 is 1.76 bits per heavy atom. The van der Waals surface area contributed by atoms with Gasteiger partial charge < -0.3 is 4.98 Å². The minimum atomic E-state index is 0.672. The van der Waals surface area contributed by atoms with Crippen LogP contribution in [0.5, 0.6) is 0 Å². The molecule has 0 bridgehead atoms. The maximum Gasteiger partial charge on any atom is 0.161 e. The molecule has 0 radical (unpaired) electrons. The number of likely N-dealkylation sites (tertiary alicyclic amines) is 1. The Balaban J connectivity index is 1.26. The highest BCUT2D eigenvalue weighted by molar-refractivity contribution is 5.95. The van der Waals surface area contributed by atoms with Crippen molar-refractivity contribution in [1.29, 1.82) is 0 Å². The van der Waals surface area contributed by atoms with Gasteiger partial charge in [0.2, 0.25) is 0 Å². The molecule has 8 nitrogen and oxygen atoms in total. The van der Waals surface area contributed by atoms with E-state index in [9.17, 15) is 0 Å². The van der Waals surface area contributed by atoms with Crippen LogP contribution in [0.2, 0.25) is 0 Å². The molecular weight excluding hydrogens is 460 g/mol.